The van der Waals surface area contributed by atoms with E-state index in [0.717, 1.165) is 5.56 Å². The lowest BCUT2D eigenvalue weighted by Crippen LogP contribution is -2.17. The summed E-state index contributed by atoms with van der Waals surface area (Å²) in [7, 11) is 7.40. The zero-order chi connectivity index (χ0) is 13.5. The van der Waals surface area contributed by atoms with Crippen molar-refractivity contribution in [2.45, 2.75) is 6.92 Å². The summed E-state index contributed by atoms with van der Waals surface area (Å²) >= 11 is 0. The lowest BCUT2D eigenvalue weighted by molar-refractivity contribution is 0.329. The molecule has 0 aliphatic heterocycles. The molecule has 100 valence electrons. The quantitative estimate of drug-likeness (QED) is 0.466. The number of hydrogen-bond acceptors (Lipinski definition) is 4. The molecule has 0 bridgehead atoms. The second-order valence-corrected chi connectivity index (χ2v) is 6.50. The molecule has 0 radical (unpaired) electrons. The first-order valence-corrected chi connectivity index (χ1v) is 7.17. The highest BCUT2D eigenvalue weighted by Gasteiger charge is 2.16. The number of nitrogens with zero attached hydrogens (tertiary/aromatic N) is 3. The van der Waals surface area contributed by atoms with Crippen molar-refractivity contribution in [2.24, 2.45) is 4.76 Å². The maximum Gasteiger partial charge on any atom is 0.222 e. The fourth-order valence-corrected chi connectivity index (χ4v) is 2.91. The summed E-state index contributed by atoms with van der Waals surface area (Å²) in [4.78, 5) is 0. The molecule has 1 rings (SSSR count). The Morgan fingerprint density at radius 2 is 1.67 bits per heavy atom. The van der Waals surface area contributed by atoms with Gasteiger partial charge in [-0.3, -0.25) is 9.34 Å². The molecule has 0 spiro atoms. The summed E-state index contributed by atoms with van der Waals surface area (Å²) in [6.45, 7) is 2.60. The lowest BCUT2D eigenvalue weighted by atomic mass is 10.2. The van der Waals surface area contributed by atoms with Crippen molar-refractivity contribution in [3.8, 4) is 0 Å². The molecule has 1 aromatic carbocycles. The van der Waals surface area contributed by atoms with Crippen LogP contribution < -0.4 is 0 Å². The number of benzene rings is 1. The van der Waals surface area contributed by atoms with Crippen molar-refractivity contribution < 1.29 is 4.74 Å². The van der Waals surface area contributed by atoms with Crippen molar-refractivity contribution in [2.75, 3.05) is 34.8 Å². The average Bonchev–Trinajstić information content (AvgIpc) is 2.34. The third kappa shape index (κ3) is 4.37. The standard InChI is InChI=1S/C13H22N3OP/c1-6-17-13(12-10-8-7-9-11-12)14-18(15(2)3)16(4)5/h7-11H,6H2,1-5H3. The summed E-state index contributed by atoms with van der Waals surface area (Å²) in [5.41, 5.74) is 1.02. The van der Waals surface area contributed by atoms with Crippen LogP contribution in [0.2, 0.25) is 0 Å². The predicted octanol–water partition coefficient (Wildman–Crippen LogP) is 2.82. The van der Waals surface area contributed by atoms with Gasteiger partial charge in [-0.15, -0.1) is 0 Å². The molecular formula is C13H22N3OP. The van der Waals surface area contributed by atoms with Crippen LogP contribution in [0.4, 0.5) is 0 Å². The zero-order valence-corrected chi connectivity index (χ0v) is 12.7. The minimum absolute atomic E-state index is 0.623. The van der Waals surface area contributed by atoms with E-state index in [0.29, 0.717) is 12.5 Å². The molecule has 0 heterocycles. The van der Waals surface area contributed by atoms with Crippen LogP contribution in [0.5, 0.6) is 0 Å². The number of hydrogen-bond donors (Lipinski definition) is 0. The molecule has 0 unspecified atom stereocenters. The fourth-order valence-electron chi connectivity index (χ4n) is 1.51. The van der Waals surface area contributed by atoms with E-state index in [9.17, 15) is 0 Å². The summed E-state index contributed by atoms with van der Waals surface area (Å²) in [6.07, 6.45) is 0. The van der Waals surface area contributed by atoms with Gasteiger partial charge in [-0.05, 0) is 47.2 Å². The first kappa shape index (κ1) is 15.1. The minimum Gasteiger partial charge on any atom is -0.478 e. The molecule has 0 aromatic heterocycles. The van der Waals surface area contributed by atoms with Crippen LogP contribution in [-0.2, 0) is 4.74 Å². The molecule has 5 heteroatoms. The lowest BCUT2D eigenvalue weighted by Gasteiger charge is -2.26. The van der Waals surface area contributed by atoms with Crippen molar-refractivity contribution in [1.29, 1.82) is 0 Å². The molecule has 0 saturated heterocycles. The Morgan fingerprint density at radius 3 is 2.11 bits per heavy atom. The second-order valence-electron chi connectivity index (χ2n) is 4.17. The van der Waals surface area contributed by atoms with Gasteiger partial charge in [-0.1, -0.05) is 18.2 Å². The summed E-state index contributed by atoms with van der Waals surface area (Å²) < 4.78 is 14.6. The Hall–Kier alpha value is -0.960. The zero-order valence-electron chi connectivity index (χ0n) is 11.8. The van der Waals surface area contributed by atoms with E-state index in [1.807, 2.05) is 65.4 Å². The van der Waals surface area contributed by atoms with Gasteiger partial charge in [0.1, 0.15) is 0 Å². The van der Waals surface area contributed by atoms with Crippen LogP contribution in [0, 0.1) is 0 Å². The molecule has 0 aliphatic carbocycles. The molecule has 18 heavy (non-hydrogen) atoms. The van der Waals surface area contributed by atoms with Gasteiger partial charge in [0, 0.05) is 5.56 Å². The Morgan fingerprint density at radius 1 is 1.11 bits per heavy atom. The Balaban J connectivity index is 3.03. The van der Waals surface area contributed by atoms with Crippen LogP contribution in [-0.4, -0.2) is 50.0 Å². The van der Waals surface area contributed by atoms with E-state index >= 15 is 0 Å². The van der Waals surface area contributed by atoms with Gasteiger partial charge in [-0.2, -0.15) is 4.76 Å². The number of rotatable bonds is 5. The third-order valence-corrected chi connectivity index (χ3v) is 3.99. The van der Waals surface area contributed by atoms with Crippen LogP contribution in [0.25, 0.3) is 0 Å². The Bertz CT molecular complexity index is 371. The molecule has 1 aromatic rings. The van der Waals surface area contributed by atoms with E-state index < -0.39 is 8.37 Å². The molecule has 4 nitrogen and oxygen atoms in total. The first-order chi connectivity index (χ1) is 8.56. The van der Waals surface area contributed by atoms with Crippen molar-refractivity contribution in [3.05, 3.63) is 35.9 Å². The summed E-state index contributed by atoms with van der Waals surface area (Å²) in [5, 5.41) is 0. The van der Waals surface area contributed by atoms with Gasteiger partial charge in [-0.25, -0.2) is 0 Å². The third-order valence-electron chi connectivity index (χ3n) is 2.20. The average molecular weight is 267 g/mol. The minimum atomic E-state index is -0.724. The van der Waals surface area contributed by atoms with Crippen LogP contribution in [0.3, 0.4) is 0 Å². The fraction of sp³-hybridized carbons (Fsp3) is 0.462. The Labute approximate surface area is 111 Å². The van der Waals surface area contributed by atoms with E-state index in [-0.39, 0.29) is 0 Å². The smallest absolute Gasteiger partial charge is 0.222 e. The molecule has 0 aliphatic rings. The topological polar surface area (TPSA) is 28.1 Å². The number of ether oxygens (including phenoxy) is 1. The van der Waals surface area contributed by atoms with Crippen LogP contribution in [0.15, 0.2) is 35.1 Å². The first-order valence-electron chi connectivity index (χ1n) is 5.97. The van der Waals surface area contributed by atoms with Crippen molar-refractivity contribution >= 4 is 14.3 Å². The van der Waals surface area contributed by atoms with Gasteiger partial charge < -0.3 is 4.74 Å². The van der Waals surface area contributed by atoms with Crippen LogP contribution in [0.1, 0.15) is 12.5 Å². The summed E-state index contributed by atoms with van der Waals surface area (Å²) in [6, 6.07) is 10.0. The SMILES string of the molecule is CCOC(=NP(N(C)C)N(C)C)c1ccccc1. The highest BCUT2D eigenvalue weighted by atomic mass is 31.1. The van der Waals surface area contributed by atoms with Crippen molar-refractivity contribution in [3.63, 3.8) is 0 Å². The second kappa shape index (κ2) is 7.47. The normalized spacial score (nSPS) is 12.6. The maximum atomic E-state index is 5.67. The Kier molecular flexibility index (Phi) is 6.27. The molecule has 0 atom stereocenters. The van der Waals surface area contributed by atoms with E-state index in [2.05, 4.69) is 9.34 Å². The largest absolute Gasteiger partial charge is 0.478 e. The highest BCUT2D eigenvalue weighted by molar-refractivity contribution is 7.51. The molecular weight excluding hydrogens is 245 g/mol. The summed E-state index contributed by atoms with van der Waals surface area (Å²) in [5.74, 6) is 0.714. The van der Waals surface area contributed by atoms with E-state index in [4.69, 9.17) is 9.50 Å². The van der Waals surface area contributed by atoms with Gasteiger partial charge >= 0.3 is 0 Å². The van der Waals surface area contributed by atoms with Gasteiger partial charge in [0.2, 0.25) is 5.90 Å². The van der Waals surface area contributed by atoms with E-state index in [1.54, 1.807) is 0 Å². The highest BCUT2D eigenvalue weighted by Crippen LogP contribution is 2.41. The van der Waals surface area contributed by atoms with Gasteiger partial charge in [0.25, 0.3) is 0 Å². The molecule has 0 saturated carbocycles. The van der Waals surface area contributed by atoms with E-state index in [1.165, 1.54) is 0 Å². The predicted molar refractivity (Wildman–Crippen MR) is 78.9 cm³/mol. The van der Waals surface area contributed by atoms with Gasteiger partial charge in [0.15, 0.2) is 8.37 Å². The van der Waals surface area contributed by atoms with Crippen LogP contribution >= 0.6 is 8.37 Å². The molecule has 0 amide bonds. The molecule has 0 N–H and O–H groups in total. The monoisotopic (exact) mass is 267 g/mol. The van der Waals surface area contributed by atoms with Gasteiger partial charge in [0.05, 0.1) is 6.61 Å². The molecule has 0 fully saturated rings. The van der Waals surface area contributed by atoms with Crippen molar-refractivity contribution in [1.82, 2.24) is 9.34 Å². The maximum absolute atomic E-state index is 5.67.